The summed E-state index contributed by atoms with van der Waals surface area (Å²) in [5.74, 6) is 1.71. The fourth-order valence-electron chi connectivity index (χ4n) is 4.01. The molecule has 0 radical (unpaired) electrons. The molecule has 1 saturated heterocycles. The first-order valence-electron chi connectivity index (χ1n) is 9.96. The molecule has 1 amide bonds. The van der Waals surface area contributed by atoms with Crippen molar-refractivity contribution in [2.24, 2.45) is 0 Å². The molecule has 0 saturated carbocycles. The number of hydrogen-bond donors (Lipinski definition) is 0. The highest BCUT2D eigenvalue weighted by Gasteiger charge is 2.24. The molecule has 0 aliphatic carbocycles. The van der Waals surface area contributed by atoms with Crippen molar-refractivity contribution in [3.05, 3.63) is 60.0 Å². The number of nitrogens with zero attached hydrogens (tertiary/aromatic N) is 4. The number of oxazole rings is 1. The minimum Gasteiger partial charge on any atom is -0.494 e. The number of ether oxygens (including phenoxy) is 1. The molecule has 5 rings (SSSR count). The van der Waals surface area contributed by atoms with Crippen LogP contribution in [0.15, 0.2) is 53.3 Å². The third-order valence-corrected chi connectivity index (χ3v) is 5.68. The molecule has 4 aromatic rings. The Morgan fingerprint density at radius 2 is 1.93 bits per heavy atom. The topological polar surface area (TPSA) is 71.7 Å². The summed E-state index contributed by atoms with van der Waals surface area (Å²) in [6.07, 6.45) is 1.39. The van der Waals surface area contributed by atoms with Crippen molar-refractivity contribution in [3.63, 3.8) is 0 Å². The fourth-order valence-corrected chi connectivity index (χ4v) is 4.01. The number of hydrogen-bond acceptors (Lipinski definition) is 6. The largest absolute Gasteiger partial charge is 0.494 e. The van der Waals surface area contributed by atoms with Gasteiger partial charge in [-0.25, -0.2) is 9.97 Å². The van der Waals surface area contributed by atoms with Crippen LogP contribution in [0.2, 0.25) is 0 Å². The van der Waals surface area contributed by atoms with E-state index in [1.165, 1.54) is 6.39 Å². The van der Waals surface area contributed by atoms with Gasteiger partial charge < -0.3 is 19.0 Å². The Balaban J connectivity index is 1.35. The number of amides is 1. The average molecular weight is 402 g/mol. The van der Waals surface area contributed by atoms with Crippen LogP contribution in [0.25, 0.3) is 22.0 Å². The number of pyridine rings is 1. The van der Waals surface area contributed by atoms with Crippen LogP contribution in [-0.4, -0.2) is 54.1 Å². The summed E-state index contributed by atoms with van der Waals surface area (Å²) in [6.45, 7) is 4.82. The lowest BCUT2D eigenvalue weighted by Gasteiger charge is -2.35. The fraction of sp³-hybridized carbons (Fsp3) is 0.261. The van der Waals surface area contributed by atoms with Crippen LogP contribution >= 0.6 is 0 Å². The van der Waals surface area contributed by atoms with E-state index >= 15 is 0 Å². The second-order valence-corrected chi connectivity index (χ2v) is 7.47. The molecular formula is C23H22N4O3. The van der Waals surface area contributed by atoms with E-state index in [0.29, 0.717) is 29.8 Å². The SMILES string of the molecule is COc1cccc2c(C)cc(N3CCN(C(=O)c4ccc5ocnc5c4)CC3)nc12. The Kier molecular flexibility index (Phi) is 4.50. The van der Waals surface area contributed by atoms with Gasteiger partial charge in [0.15, 0.2) is 12.0 Å². The molecule has 0 spiro atoms. The van der Waals surface area contributed by atoms with Crippen molar-refractivity contribution in [2.45, 2.75) is 6.92 Å². The summed E-state index contributed by atoms with van der Waals surface area (Å²) in [4.78, 5) is 26.1. The number of carbonyl (C=O) groups is 1. The van der Waals surface area contributed by atoms with Crippen molar-refractivity contribution in [3.8, 4) is 5.75 Å². The molecule has 7 heteroatoms. The van der Waals surface area contributed by atoms with Crippen molar-refractivity contribution in [1.82, 2.24) is 14.9 Å². The lowest BCUT2D eigenvalue weighted by molar-refractivity contribution is 0.0746. The molecule has 2 aromatic heterocycles. The summed E-state index contributed by atoms with van der Waals surface area (Å²) in [5.41, 5.74) is 4.05. The predicted octanol–water partition coefficient (Wildman–Crippen LogP) is 3.66. The summed E-state index contributed by atoms with van der Waals surface area (Å²) in [5, 5.41) is 1.09. The number of aryl methyl sites for hydroxylation is 1. The molecule has 7 nitrogen and oxygen atoms in total. The molecule has 1 aliphatic rings. The molecule has 0 atom stereocenters. The lowest BCUT2D eigenvalue weighted by Crippen LogP contribution is -2.49. The van der Waals surface area contributed by atoms with Gasteiger partial charge in [-0.05, 0) is 42.8 Å². The second-order valence-electron chi connectivity index (χ2n) is 7.47. The zero-order valence-corrected chi connectivity index (χ0v) is 17.0. The molecule has 0 bridgehead atoms. The predicted molar refractivity (Wildman–Crippen MR) is 115 cm³/mol. The normalized spacial score (nSPS) is 14.5. The van der Waals surface area contributed by atoms with Crippen LogP contribution in [0.4, 0.5) is 5.82 Å². The summed E-state index contributed by atoms with van der Waals surface area (Å²) >= 11 is 0. The summed E-state index contributed by atoms with van der Waals surface area (Å²) < 4.78 is 10.8. The number of fused-ring (bicyclic) bond motifs is 2. The highest BCUT2D eigenvalue weighted by atomic mass is 16.5. The van der Waals surface area contributed by atoms with E-state index in [0.717, 1.165) is 41.1 Å². The van der Waals surface area contributed by atoms with Crippen molar-refractivity contribution in [2.75, 3.05) is 38.2 Å². The van der Waals surface area contributed by atoms with E-state index in [2.05, 4.69) is 28.9 Å². The maximum absolute atomic E-state index is 12.9. The first kappa shape index (κ1) is 18.4. The first-order valence-corrected chi connectivity index (χ1v) is 9.96. The Hall–Kier alpha value is -3.61. The summed E-state index contributed by atoms with van der Waals surface area (Å²) in [6, 6.07) is 13.5. The zero-order valence-electron chi connectivity index (χ0n) is 17.0. The number of anilines is 1. The highest BCUT2D eigenvalue weighted by molar-refractivity contribution is 5.97. The third-order valence-electron chi connectivity index (χ3n) is 5.68. The van der Waals surface area contributed by atoms with Gasteiger partial charge in [0.2, 0.25) is 0 Å². The molecular weight excluding hydrogens is 380 g/mol. The Labute approximate surface area is 173 Å². The highest BCUT2D eigenvalue weighted by Crippen LogP contribution is 2.29. The first-order chi connectivity index (χ1) is 14.6. The van der Waals surface area contributed by atoms with E-state index in [1.807, 2.05) is 17.0 Å². The molecule has 1 fully saturated rings. The van der Waals surface area contributed by atoms with Crippen LogP contribution in [0, 0.1) is 6.92 Å². The van der Waals surface area contributed by atoms with Crippen LogP contribution < -0.4 is 9.64 Å². The quantitative estimate of drug-likeness (QED) is 0.521. The van der Waals surface area contributed by atoms with Crippen LogP contribution in [-0.2, 0) is 0 Å². The monoisotopic (exact) mass is 402 g/mol. The molecule has 30 heavy (non-hydrogen) atoms. The van der Waals surface area contributed by atoms with Crippen LogP contribution in [0.3, 0.4) is 0 Å². The van der Waals surface area contributed by atoms with E-state index in [-0.39, 0.29) is 5.91 Å². The molecule has 0 N–H and O–H groups in total. The number of carbonyl (C=O) groups excluding carboxylic acids is 1. The number of aromatic nitrogens is 2. The number of benzene rings is 2. The van der Waals surface area contributed by atoms with E-state index in [1.54, 1.807) is 25.3 Å². The van der Waals surface area contributed by atoms with Gasteiger partial charge in [0.1, 0.15) is 22.6 Å². The minimum atomic E-state index is 0.0175. The molecule has 0 unspecified atom stereocenters. The third kappa shape index (κ3) is 3.12. The minimum absolute atomic E-state index is 0.0175. The van der Waals surface area contributed by atoms with Gasteiger partial charge in [-0.15, -0.1) is 0 Å². The van der Waals surface area contributed by atoms with Gasteiger partial charge in [0.25, 0.3) is 5.91 Å². The second kappa shape index (κ2) is 7.33. The maximum atomic E-state index is 12.9. The molecule has 2 aromatic carbocycles. The molecule has 152 valence electrons. The number of piperazine rings is 1. The average Bonchev–Trinajstić information content (AvgIpc) is 3.26. The van der Waals surface area contributed by atoms with Crippen molar-refractivity contribution in [1.29, 1.82) is 0 Å². The van der Waals surface area contributed by atoms with E-state index in [9.17, 15) is 4.79 Å². The molecule has 3 heterocycles. The zero-order chi connectivity index (χ0) is 20.7. The molecule has 1 aliphatic heterocycles. The van der Waals surface area contributed by atoms with Crippen molar-refractivity contribution < 1.29 is 13.9 Å². The van der Waals surface area contributed by atoms with Gasteiger partial charge >= 0.3 is 0 Å². The lowest BCUT2D eigenvalue weighted by atomic mass is 10.1. The number of methoxy groups -OCH3 is 1. The van der Waals surface area contributed by atoms with Gasteiger partial charge in [-0.2, -0.15) is 0 Å². The standard InChI is InChI=1S/C23H22N4O3/c1-15-12-21(25-22-17(15)4-3-5-20(22)29-2)26-8-10-27(11-9-26)23(28)16-6-7-19-18(13-16)24-14-30-19/h3-7,12-14H,8-11H2,1-2H3. The van der Waals surface area contributed by atoms with Gasteiger partial charge in [-0.1, -0.05) is 12.1 Å². The van der Waals surface area contributed by atoms with Crippen molar-refractivity contribution >= 4 is 33.7 Å². The van der Waals surface area contributed by atoms with Gasteiger partial charge in [0.05, 0.1) is 7.11 Å². The number of rotatable bonds is 3. The smallest absolute Gasteiger partial charge is 0.254 e. The Bertz CT molecular complexity index is 1240. The van der Waals surface area contributed by atoms with E-state index in [4.69, 9.17) is 14.1 Å². The summed E-state index contributed by atoms with van der Waals surface area (Å²) in [7, 11) is 1.67. The Morgan fingerprint density at radius 3 is 2.73 bits per heavy atom. The van der Waals surface area contributed by atoms with Gasteiger partial charge in [-0.3, -0.25) is 4.79 Å². The Morgan fingerprint density at radius 1 is 1.10 bits per heavy atom. The van der Waals surface area contributed by atoms with Crippen LogP contribution in [0.1, 0.15) is 15.9 Å². The van der Waals surface area contributed by atoms with Gasteiger partial charge in [0, 0.05) is 37.1 Å². The maximum Gasteiger partial charge on any atom is 0.254 e. The number of para-hydroxylation sites is 1. The van der Waals surface area contributed by atoms with E-state index < -0.39 is 0 Å². The van der Waals surface area contributed by atoms with Crippen LogP contribution in [0.5, 0.6) is 5.75 Å².